The summed E-state index contributed by atoms with van der Waals surface area (Å²) in [7, 11) is 0. The smallest absolute Gasteiger partial charge is 0.0520 e. The van der Waals surface area contributed by atoms with E-state index in [1.54, 1.807) is 22.5 Å². The lowest BCUT2D eigenvalue weighted by Crippen LogP contribution is -2.47. The van der Waals surface area contributed by atoms with E-state index in [-0.39, 0.29) is 0 Å². The average molecular weight is 508 g/mol. The Morgan fingerprint density at radius 3 is 2.58 bits per heavy atom. The van der Waals surface area contributed by atoms with Crippen LogP contribution in [0.2, 0.25) is 0 Å². The predicted molar refractivity (Wildman–Crippen MR) is 141 cm³/mol. The van der Waals surface area contributed by atoms with Crippen molar-refractivity contribution in [1.29, 1.82) is 0 Å². The van der Waals surface area contributed by atoms with Crippen LogP contribution in [0.3, 0.4) is 0 Å². The highest BCUT2D eigenvalue weighted by atomic mass is 79.9. The number of fused-ring (bicyclic) bond motifs is 7. The molecular formula is C30H39BrN2. The van der Waals surface area contributed by atoms with Crippen molar-refractivity contribution in [3.63, 3.8) is 0 Å². The van der Waals surface area contributed by atoms with Crippen LogP contribution in [0.15, 0.2) is 30.4 Å². The molecule has 0 spiro atoms. The molecule has 7 atom stereocenters. The first-order valence-electron chi connectivity index (χ1n) is 14.0. The summed E-state index contributed by atoms with van der Waals surface area (Å²) in [6, 6.07) is 2.95. The lowest BCUT2D eigenvalue weighted by molar-refractivity contribution is 0.0867. The molecule has 2 heterocycles. The predicted octanol–water partition coefficient (Wildman–Crippen LogP) is 7.48. The summed E-state index contributed by atoms with van der Waals surface area (Å²) in [5.41, 5.74) is 6.91. The Labute approximate surface area is 208 Å². The zero-order chi connectivity index (χ0) is 21.9. The van der Waals surface area contributed by atoms with Gasteiger partial charge in [-0.05, 0) is 93.7 Å². The summed E-state index contributed by atoms with van der Waals surface area (Å²) in [5.74, 6) is 1.64. The average Bonchev–Trinajstić information content (AvgIpc) is 3.38. The Hall–Kier alpha value is -1.06. The minimum atomic E-state index is 0.548. The maximum atomic E-state index is 3.85. The SMILES string of the molecule is BrC1C=CC(n2c3c(c4c2C2C5CCCCC5N(C5CC=CCC5)C2CC4)CCC=C3)CC1. The van der Waals surface area contributed by atoms with Gasteiger partial charge >= 0.3 is 0 Å². The summed E-state index contributed by atoms with van der Waals surface area (Å²) < 4.78 is 2.89. The number of hydrogen-bond donors (Lipinski definition) is 0. The van der Waals surface area contributed by atoms with Gasteiger partial charge in [0.25, 0.3) is 0 Å². The van der Waals surface area contributed by atoms with Crippen molar-refractivity contribution in [3.8, 4) is 0 Å². The monoisotopic (exact) mass is 506 g/mol. The maximum Gasteiger partial charge on any atom is 0.0520 e. The number of allylic oxidation sites excluding steroid dienone is 4. The van der Waals surface area contributed by atoms with Crippen molar-refractivity contribution in [2.75, 3.05) is 0 Å². The van der Waals surface area contributed by atoms with Crippen molar-refractivity contribution < 1.29 is 0 Å². The standard InChI is InChI=1S/C30H39BrN2/c31-20-14-16-22(17-15-20)33-26-12-6-4-10-23(26)24-18-19-28-29(30(24)33)25-11-5-7-13-27(25)32(28)21-8-2-1-3-9-21/h1-2,6,12,14,16,20-22,25,27-29H,3-5,7-11,13,15,17-19H2. The second-order valence-electron chi connectivity index (χ2n) is 11.6. The van der Waals surface area contributed by atoms with Crippen LogP contribution in [0.5, 0.6) is 0 Å². The van der Waals surface area contributed by atoms with Gasteiger partial charge in [0.2, 0.25) is 0 Å². The fourth-order valence-electron chi connectivity index (χ4n) is 8.84. The van der Waals surface area contributed by atoms with Crippen LogP contribution in [-0.4, -0.2) is 32.4 Å². The summed E-state index contributed by atoms with van der Waals surface area (Å²) >= 11 is 3.85. The van der Waals surface area contributed by atoms with E-state index in [0.717, 1.165) is 30.0 Å². The molecule has 7 unspecified atom stereocenters. The van der Waals surface area contributed by atoms with E-state index in [1.165, 1.54) is 83.5 Å². The van der Waals surface area contributed by atoms with E-state index in [1.807, 2.05) is 0 Å². The van der Waals surface area contributed by atoms with Gasteiger partial charge in [0.1, 0.15) is 0 Å². The molecule has 7 rings (SSSR count). The van der Waals surface area contributed by atoms with Crippen LogP contribution in [0, 0.1) is 5.92 Å². The van der Waals surface area contributed by atoms with Gasteiger partial charge in [-0.2, -0.15) is 0 Å². The normalized spacial score (nSPS) is 39.7. The molecule has 0 radical (unpaired) electrons. The zero-order valence-corrected chi connectivity index (χ0v) is 21.6. The maximum absolute atomic E-state index is 3.85. The van der Waals surface area contributed by atoms with E-state index < -0.39 is 0 Å². The molecule has 1 saturated heterocycles. The molecular weight excluding hydrogens is 468 g/mol. The summed E-state index contributed by atoms with van der Waals surface area (Å²) in [5, 5.41) is 0. The molecule has 1 saturated carbocycles. The molecule has 3 heteroatoms. The van der Waals surface area contributed by atoms with Crippen LogP contribution in [0.4, 0.5) is 0 Å². The van der Waals surface area contributed by atoms with Crippen LogP contribution in [-0.2, 0) is 12.8 Å². The molecule has 0 amide bonds. The minimum absolute atomic E-state index is 0.548. The third kappa shape index (κ3) is 3.35. The van der Waals surface area contributed by atoms with E-state index in [9.17, 15) is 0 Å². The minimum Gasteiger partial charge on any atom is -0.337 e. The molecule has 0 aromatic carbocycles. The number of likely N-dealkylation sites (tertiary alicyclic amines) is 1. The Morgan fingerprint density at radius 1 is 0.788 bits per heavy atom. The number of halogens is 1. The van der Waals surface area contributed by atoms with Crippen LogP contribution >= 0.6 is 15.9 Å². The van der Waals surface area contributed by atoms with Crippen LogP contribution in [0.25, 0.3) is 6.08 Å². The molecule has 1 aliphatic heterocycles. The molecule has 5 aliphatic carbocycles. The third-order valence-corrected chi connectivity index (χ3v) is 10.8. The number of nitrogens with zero attached hydrogens (tertiary/aromatic N) is 2. The topological polar surface area (TPSA) is 8.17 Å². The zero-order valence-electron chi connectivity index (χ0n) is 20.0. The number of rotatable bonds is 2. The highest BCUT2D eigenvalue weighted by Gasteiger charge is 2.55. The van der Waals surface area contributed by atoms with Crippen LogP contribution in [0.1, 0.15) is 105 Å². The fraction of sp³-hybridized carbons (Fsp3) is 0.667. The fourth-order valence-corrected chi connectivity index (χ4v) is 9.28. The number of alkyl halides is 1. The molecule has 0 bridgehead atoms. The van der Waals surface area contributed by atoms with Gasteiger partial charge in [0.15, 0.2) is 0 Å². The van der Waals surface area contributed by atoms with Crippen molar-refractivity contribution >= 4 is 22.0 Å². The molecule has 2 nitrogen and oxygen atoms in total. The van der Waals surface area contributed by atoms with Crippen molar-refractivity contribution in [2.24, 2.45) is 5.92 Å². The van der Waals surface area contributed by atoms with Gasteiger partial charge in [-0.3, -0.25) is 4.90 Å². The van der Waals surface area contributed by atoms with Crippen molar-refractivity contribution in [1.82, 2.24) is 9.47 Å². The summed E-state index contributed by atoms with van der Waals surface area (Å²) in [6.45, 7) is 0. The van der Waals surface area contributed by atoms with Gasteiger partial charge in [0.05, 0.1) is 6.04 Å². The molecule has 1 aromatic rings. The Morgan fingerprint density at radius 2 is 1.73 bits per heavy atom. The Bertz CT molecular complexity index is 999. The van der Waals surface area contributed by atoms with Gasteiger partial charge in [-0.1, -0.05) is 59.2 Å². The lowest BCUT2D eigenvalue weighted by Gasteiger charge is -2.41. The van der Waals surface area contributed by atoms with Crippen molar-refractivity contribution in [2.45, 2.75) is 118 Å². The first-order chi connectivity index (χ1) is 16.3. The lowest BCUT2D eigenvalue weighted by atomic mass is 9.72. The highest BCUT2D eigenvalue weighted by molar-refractivity contribution is 9.09. The molecule has 0 N–H and O–H groups in total. The quantitative estimate of drug-likeness (QED) is 0.298. The third-order valence-electron chi connectivity index (χ3n) is 10.0. The van der Waals surface area contributed by atoms with E-state index >= 15 is 0 Å². The number of aromatic nitrogens is 1. The second kappa shape index (κ2) is 8.55. The van der Waals surface area contributed by atoms with Gasteiger partial charge in [-0.15, -0.1) is 0 Å². The Balaban J connectivity index is 1.37. The van der Waals surface area contributed by atoms with E-state index in [2.05, 4.69) is 61.9 Å². The largest absolute Gasteiger partial charge is 0.337 e. The molecule has 33 heavy (non-hydrogen) atoms. The van der Waals surface area contributed by atoms with Gasteiger partial charge in [0, 0.05) is 40.3 Å². The van der Waals surface area contributed by atoms with Crippen LogP contribution < -0.4 is 0 Å². The first kappa shape index (κ1) is 21.2. The first-order valence-corrected chi connectivity index (χ1v) is 14.9. The van der Waals surface area contributed by atoms with Gasteiger partial charge in [-0.25, -0.2) is 0 Å². The van der Waals surface area contributed by atoms with Crippen molar-refractivity contribution in [3.05, 3.63) is 52.9 Å². The molecule has 1 aromatic heterocycles. The molecule has 6 aliphatic rings. The summed E-state index contributed by atoms with van der Waals surface area (Å²) in [4.78, 5) is 3.68. The number of hydrogen-bond acceptors (Lipinski definition) is 1. The van der Waals surface area contributed by atoms with Gasteiger partial charge < -0.3 is 4.57 Å². The molecule has 2 fully saturated rings. The second-order valence-corrected chi connectivity index (χ2v) is 12.8. The highest BCUT2D eigenvalue weighted by Crippen LogP contribution is 2.56. The van der Waals surface area contributed by atoms with E-state index in [0.29, 0.717) is 10.9 Å². The summed E-state index contributed by atoms with van der Waals surface area (Å²) in [6.07, 6.45) is 32.3. The molecule has 176 valence electrons. The Kier molecular flexibility index (Phi) is 5.51. The van der Waals surface area contributed by atoms with E-state index in [4.69, 9.17) is 0 Å².